The number of carbonyl (C=O) groups excluding carboxylic acids is 1. The summed E-state index contributed by atoms with van der Waals surface area (Å²) in [6.45, 7) is 2.78. The van der Waals surface area contributed by atoms with Crippen LogP contribution in [0.4, 0.5) is 0 Å². The zero-order valence-electron chi connectivity index (χ0n) is 18.8. The van der Waals surface area contributed by atoms with E-state index in [9.17, 15) is 14.4 Å². The number of amides is 1. The first kappa shape index (κ1) is 23.7. The third-order valence-corrected chi connectivity index (χ3v) is 5.92. The van der Waals surface area contributed by atoms with Crippen LogP contribution in [-0.2, 0) is 18.4 Å². The Bertz CT molecular complexity index is 1420. The van der Waals surface area contributed by atoms with Crippen molar-refractivity contribution in [3.8, 4) is 0 Å². The molecule has 0 saturated heterocycles. The van der Waals surface area contributed by atoms with Crippen molar-refractivity contribution in [1.29, 1.82) is 0 Å². The van der Waals surface area contributed by atoms with Crippen molar-refractivity contribution in [2.75, 3.05) is 13.2 Å². The van der Waals surface area contributed by atoms with Crippen LogP contribution in [0.25, 0.3) is 10.9 Å². The lowest BCUT2D eigenvalue weighted by atomic mass is 10.1. The third kappa shape index (κ3) is 5.02. The molecule has 1 aliphatic rings. The highest BCUT2D eigenvalue weighted by molar-refractivity contribution is 9.10. The van der Waals surface area contributed by atoms with Crippen molar-refractivity contribution in [2.24, 2.45) is 12.1 Å². The Balaban J connectivity index is 1.61. The normalized spacial score (nSPS) is 13.3. The van der Waals surface area contributed by atoms with Crippen LogP contribution in [0.3, 0.4) is 0 Å². The van der Waals surface area contributed by atoms with Crippen molar-refractivity contribution < 1.29 is 9.63 Å². The lowest BCUT2D eigenvalue weighted by molar-refractivity contribution is -0.115. The summed E-state index contributed by atoms with van der Waals surface area (Å²) in [5, 5.41) is 8.63. The van der Waals surface area contributed by atoms with E-state index in [1.54, 1.807) is 31.6 Å². The number of nitrogens with one attached hydrogen (secondary N) is 1. The molecule has 0 saturated carbocycles. The van der Waals surface area contributed by atoms with Gasteiger partial charge in [0.25, 0.3) is 11.5 Å². The van der Waals surface area contributed by atoms with Gasteiger partial charge in [-0.15, -0.1) is 5.17 Å². The highest BCUT2D eigenvalue weighted by Gasteiger charge is 2.15. The largest absolute Gasteiger partial charge is 0.348 e. The van der Waals surface area contributed by atoms with Crippen LogP contribution in [0.1, 0.15) is 29.3 Å². The first-order valence-corrected chi connectivity index (χ1v) is 11.6. The van der Waals surface area contributed by atoms with Gasteiger partial charge < -0.3 is 5.32 Å². The summed E-state index contributed by atoms with van der Waals surface area (Å²) in [6, 6.07) is 12.2. The molecule has 1 aromatic heterocycles. The van der Waals surface area contributed by atoms with Gasteiger partial charge in [0.2, 0.25) is 0 Å². The fourth-order valence-corrected chi connectivity index (χ4v) is 4.16. The van der Waals surface area contributed by atoms with Crippen LogP contribution < -0.4 is 16.6 Å². The molecule has 1 N–H and O–H groups in total. The molecule has 0 fully saturated rings. The Hall–Kier alpha value is -3.50. The number of benzene rings is 2. The van der Waals surface area contributed by atoms with Crippen molar-refractivity contribution in [3.63, 3.8) is 0 Å². The molecule has 0 atom stereocenters. The SMILES string of the molecule is CCON1C=C(CNC(=O)c2ccc3c(c2)c(=O)n(Cc2cccc(Br)c2)c(=O)n3C)CC=N1. The average Bonchev–Trinajstić information content (AvgIpc) is 2.84. The predicted octanol–water partition coefficient (Wildman–Crippen LogP) is 2.77. The van der Waals surface area contributed by atoms with Crippen molar-refractivity contribution in [3.05, 3.63) is 90.7 Å². The van der Waals surface area contributed by atoms with Gasteiger partial charge in [0.05, 0.1) is 30.3 Å². The minimum atomic E-state index is -0.439. The van der Waals surface area contributed by atoms with Crippen LogP contribution >= 0.6 is 15.9 Å². The van der Waals surface area contributed by atoms with Crippen LogP contribution in [0.5, 0.6) is 0 Å². The Morgan fingerprint density at radius 3 is 2.79 bits per heavy atom. The number of halogens is 1. The topological polar surface area (TPSA) is 97.9 Å². The van der Waals surface area contributed by atoms with Gasteiger partial charge in [-0.2, -0.15) is 5.10 Å². The molecule has 0 spiro atoms. The highest BCUT2D eigenvalue weighted by Crippen LogP contribution is 2.14. The zero-order chi connectivity index (χ0) is 24.2. The lowest BCUT2D eigenvalue weighted by Gasteiger charge is -2.19. The number of nitrogens with zero attached hydrogens (tertiary/aromatic N) is 4. The molecule has 34 heavy (non-hydrogen) atoms. The molecule has 0 radical (unpaired) electrons. The minimum Gasteiger partial charge on any atom is -0.348 e. The fourth-order valence-electron chi connectivity index (χ4n) is 3.71. The van der Waals surface area contributed by atoms with E-state index >= 15 is 0 Å². The second-order valence-corrected chi connectivity index (χ2v) is 8.70. The number of hydrogen-bond donors (Lipinski definition) is 1. The smallest absolute Gasteiger partial charge is 0.331 e. The molecular weight excluding hydrogens is 502 g/mol. The highest BCUT2D eigenvalue weighted by atomic mass is 79.9. The number of hydroxylamine groups is 1. The molecule has 1 aliphatic heterocycles. The second-order valence-electron chi connectivity index (χ2n) is 7.79. The van der Waals surface area contributed by atoms with Gasteiger partial charge in [-0.1, -0.05) is 28.1 Å². The summed E-state index contributed by atoms with van der Waals surface area (Å²) >= 11 is 3.41. The standard InChI is InChI=1S/C24H24BrN5O4/c1-3-34-30-15-17(9-10-27-30)13-26-22(31)18-7-8-21-20(12-18)23(32)29(24(33)28(21)2)14-16-5-4-6-19(25)11-16/h4-8,10-12,15H,3,9,13-14H2,1-2H3,(H,26,31). The number of aryl methyl sites for hydroxylation is 1. The van der Waals surface area contributed by atoms with E-state index in [2.05, 4.69) is 26.3 Å². The van der Waals surface area contributed by atoms with E-state index in [1.165, 1.54) is 20.4 Å². The summed E-state index contributed by atoms with van der Waals surface area (Å²) in [6.07, 6.45) is 4.05. The number of fused-ring (bicyclic) bond motifs is 1. The third-order valence-electron chi connectivity index (χ3n) is 5.42. The molecule has 176 valence electrons. The molecule has 4 rings (SSSR count). The maximum Gasteiger partial charge on any atom is 0.331 e. The molecule has 0 bridgehead atoms. The van der Waals surface area contributed by atoms with E-state index in [-0.39, 0.29) is 12.5 Å². The maximum atomic E-state index is 13.2. The Kier molecular flexibility index (Phi) is 7.09. The van der Waals surface area contributed by atoms with Gasteiger partial charge in [-0.3, -0.25) is 23.6 Å². The van der Waals surface area contributed by atoms with Gasteiger partial charge in [-0.25, -0.2) is 4.79 Å². The molecule has 2 heterocycles. The molecule has 0 unspecified atom stereocenters. The van der Waals surface area contributed by atoms with Gasteiger partial charge in [0.15, 0.2) is 0 Å². The minimum absolute atomic E-state index is 0.128. The van der Waals surface area contributed by atoms with E-state index < -0.39 is 11.2 Å². The number of hydrogen-bond acceptors (Lipinski definition) is 6. The van der Waals surface area contributed by atoms with E-state index in [0.29, 0.717) is 36.0 Å². The van der Waals surface area contributed by atoms with E-state index in [0.717, 1.165) is 15.6 Å². The number of rotatable bonds is 7. The second kappa shape index (κ2) is 10.2. The predicted molar refractivity (Wildman–Crippen MR) is 134 cm³/mol. The van der Waals surface area contributed by atoms with Crippen molar-refractivity contribution in [1.82, 2.24) is 19.6 Å². The Labute approximate surface area is 204 Å². The van der Waals surface area contributed by atoms with E-state index in [1.807, 2.05) is 31.2 Å². The summed E-state index contributed by atoms with van der Waals surface area (Å²) in [7, 11) is 1.61. The zero-order valence-corrected chi connectivity index (χ0v) is 20.4. The molecule has 1 amide bonds. The summed E-state index contributed by atoms with van der Waals surface area (Å²) in [5.74, 6) is -0.319. The van der Waals surface area contributed by atoms with Crippen molar-refractivity contribution >= 4 is 39.0 Å². The summed E-state index contributed by atoms with van der Waals surface area (Å²) in [4.78, 5) is 44.2. The van der Waals surface area contributed by atoms with Crippen LogP contribution in [0, 0.1) is 0 Å². The monoisotopic (exact) mass is 525 g/mol. The lowest BCUT2D eigenvalue weighted by Crippen LogP contribution is -2.39. The first-order valence-electron chi connectivity index (χ1n) is 10.8. The Morgan fingerprint density at radius 2 is 2.03 bits per heavy atom. The quantitative estimate of drug-likeness (QED) is 0.511. The number of aromatic nitrogens is 2. The maximum absolute atomic E-state index is 13.2. The van der Waals surface area contributed by atoms with Crippen LogP contribution in [0.15, 0.2) is 73.4 Å². The van der Waals surface area contributed by atoms with Gasteiger partial charge in [0.1, 0.15) is 0 Å². The fraction of sp³-hybridized carbons (Fsp3) is 0.250. The van der Waals surface area contributed by atoms with Crippen molar-refractivity contribution in [2.45, 2.75) is 19.9 Å². The van der Waals surface area contributed by atoms with Gasteiger partial charge >= 0.3 is 5.69 Å². The van der Waals surface area contributed by atoms with Crippen LogP contribution in [0.2, 0.25) is 0 Å². The summed E-state index contributed by atoms with van der Waals surface area (Å²) < 4.78 is 3.46. The molecule has 0 aliphatic carbocycles. The Morgan fingerprint density at radius 1 is 1.21 bits per heavy atom. The van der Waals surface area contributed by atoms with Gasteiger partial charge in [0, 0.05) is 36.3 Å². The number of carbonyl (C=O) groups is 1. The molecule has 9 nitrogen and oxygen atoms in total. The number of hydrazone groups is 1. The summed E-state index contributed by atoms with van der Waals surface area (Å²) in [5.41, 5.74) is 1.69. The first-order chi connectivity index (χ1) is 16.4. The van der Waals surface area contributed by atoms with Crippen LogP contribution in [-0.4, -0.2) is 39.6 Å². The van der Waals surface area contributed by atoms with Gasteiger partial charge in [-0.05, 0) is 48.4 Å². The molecule has 2 aromatic carbocycles. The van der Waals surface area contributed by atoms with E-state index in [4.69, 9.17) is 4.84 Å². The molecule has 10 heteroatoms. The average molecular weight is 526 g/mol. The molecule has 3 aromatic rings. The molecular formula is C24H24BrN5O4.